The van der Waals surface area contributed by atoms with Crippen molar-refractivity contribution in [2.45, 2.75) is 6.92 Å². The van der Waals surface area contributed by atoms with Crippen molar-refractivity contribution in [3.05, 3.63) is 40.6 Å². The molecule has 2 rings (SSSR count). The molecule has 0 aliphatic carbocycles. The van der Waals surface area contributed by atoms with Crippen molar-refractivity contribution in [2.24, 2.45) is 0 Å². The normalized spacial score (nSPS) is 10.4. The van der Waals surface area contributed by atoms with Gasteiger partial charge in [-0.15, -0.1) is 0 Å². The Morgan fingerprint density at radius 2 is 2.12 bits per heavy atom. The van der Waals surface area contributed by atoms with Gasteiger partial charge in [-0.25, -0.2) is 0 Å². The molecule has 0 bridgehead atoms. The van der Waals surface area contributed by atoms with E-state index in [-0.39, 0.29) is 17.0 Å². The lowest BCUT2D eigenvalue weighted by molar-refractivity contribution is -0.255. The number of benzene rings is 1. The van der Waals surface area contributed by atoms with E-state index in [4.69, 9.17) is 16.1 Å². The van der Waals surface area contributed by atoms with Gasteiger partial charge >= 0.3 is 0 Å². The third-order valence-electron chi connectivity index (χ3n) is 2.20. The lowest BCUT2D eigenvalue weighted by Gasteiger charge is -2.04. The van der Waals surface area contributed by atoms with Gasteiger partial charge in [-0.1, -0.05) is 35.0 Å². The summed E-state index contributed by atoms with van der Waals surface area (Å²) in [5, 5.41) is 15.0. The molecule has 0 saturated carbocycles. The molecule has 0 amide bonds. The molecule has 82 valence electrons. The number of aromatic nitrogens is 1. The molecule has 1 heterocycles. The largest absolute Gasteiger partial charge is 0.545 e. The Kier molecular flexibility index (Phi) is 2.66. The fourth-order valence-corrected chi connectivity index (χ4v) is 1.67. The van der Waals surface area contributed by atoms with Gasteiger partial charge < -0.3 is 14.4 Å². The smallest absolute Gasteiger partial charge is 0.143 e. The molecule has 0 aliphatic heterocycles. The standard InChI is InChI=1S/C11H8ClNO3/c1-6-9(11(14)15)10(13-16-6)7-4-2-3-5-8(7)12/h2-5H,1H3,(H,14,15)/p-1. The number of hydrogen-bond acceptors (Lipinski definition) is 4. The summed E-state index contributed by atoms with van der Waals surface area (Å²) in [7, 11) is 0. The van der Waals surface area contributed by atoms with Gasteiger partial charge in [-0.3, -0.25) is 0 Å². The minimum atomic E-state index is -1.33. The first-order valence-corrected chi connectivity index (χ1v) is 4.91. The van der Waals surface area contributed by atoms with Crippen LogP contribution in [-0.4, -0.2) is 11.1 Å². The topological polar surface area (TPSA) is 66.2 Å². The van der Waals surface area contributed by atoms with Crippen LogP contribution in [0.4, 0.5) is 0 Å². The molecule has 0 atom stereocenters. The summed E-state index contributed by atoms with van der Waals surface area (Å²) in [6, 6.07) is 6.81. The number of rotatable bonds is 2. The van der Waals surface area contributed by atoms with Crippen molar-refractivity contribution >= 4 is 17.6 Å². The number of carboxylic acid groups (broad SMARTS) is 1. The second-order valence-electron chi connectivity index (χ2n) is 3.23. The Morgan fingerprint density at radius 1 is 1.44 bits per heavy atom. The fraction of sp³-hybridized carbons (Fsp3) is 0.0909. The second kappa shape index (κ2) is 3.98. The third kappa shape index (κ3) is 1.67. The van der Waals surface area contributed by atoms with E-state index in [2.05, 4.69) is 5.16 Å². The number of aromatic carboxylic acids is 1. The molecule has 0 unspecified atom stereocenters. The quantitative estimate of drug-likeness (QED) is 0.796. The lowest BCUT2D eigenvalue weighted by Crippen LogP contribution is -2.23. The molecule has 0 aliphatic rings. The molecule has 0 radical (unpaired) electrons. The zero-order chi connectivity index (χ0) is 11.7. The summed E-state index contributed by atoms with van der Waals surface area (Å²) in [6.45, 7) is 1.51. The maximum Gasteiger partial charge on any atom is 0.143 e. The third-order valence-corrected chi connectivity index (χ3v) is 2.53. The summed E-state index contributed by atoms with van der Waals surface area (Å²) < 4.78 is 4.84. The number of carbonyl (C=O) groups excluding carboxylic acids is 1. The zero-order valence-corrected chi connectivity index (χ0v) is 9.12. The zero-order valence-electron chi connectivity index (χ0n) is 8.36. The molecular formula is C11H7ClNO3-. The van der Waals surface area contributed by atoms with Gasteiger partial charge in [-0.05, 0) is 13.0 Å². The average Bonchev–Trinajstić information content (AvgIpc) is 2.61. The van der Waals surface area contributed by atoms with E-state index < -0.39 is 5.97 Å². The van der Waals surface area contributed by atoms with E-state index in [1.54, 1.807) is 24.3 Å². The molecule has 0 N–H and O–H groups in total. The Labute approximate surface area is 96.4 Å². The Balaban J connectivity index is 2.66. The predicted molar refractivity (Wildman–Crippen MR) is 56.0 cm³/mol. The highest BCUT2D eigenvalue weighted by molar-refractivity contribution is 6.33. The van der Waals surface area contributed by atoms with Crippen LogP contribution >= 0.6 is 11.6 Å². The van der Waals surface area contributed by atoms with Gasteiger partial charge in [0.1, 0.15) is 11.5 Å². The van der Waals surface area contributed by atoms with Crippen molar-refractivity contribution in [1.29, 1.82) is 0 Å². The van der Waals surface area contributed by atoms with Crippen molar-refractivity contribution in [1.82, 2.24) is 5.16 Å². The number of carboxylic acids is 1. The van der Waals surface area contributed by atoms with E-state index >= 15 is 0 Å². The first-order chi connectivity index (χ1) is 7.61. The first-order valence-electron chi connectivity index (χ1n) is 4.53. The molecule has 4 nitrogen and oxygen atoms in total. The Bertz CT molecular complexity index is 548. The van der Waals surface area contributed by atoms with Crippen LogP contribution in [0.2, 0.25) is 5.02 Å². The van der Waals surface area contributed by atoms with E-state index in [0.717, 1.165) is 0 Å². The van der Waals surface area contributed by atoms with Gasteiger partial charge in [0.25, 0.3) is 0 Å². The van der Waals surface area contributed by atoms with E-state index in [9.17, 15) is 9.90 Å². The first kappa shape index (κ1) is 10.7. The van der Waals surface area contributed by atoms with Gasteiger partial charge in [0.05, 0.1) is 16.6 Å². The summed E-state index contributed by atoms with van der Waals surface area (Å²) in [5.41, 5.74) is 0.649. The monoisotopic (exact) mass is 236 g/mol. The summed E-state index contributed by atoms with van der Waals surface area (Å²) in [5.74, 6) is -1.12. The van der Waals surface area contributed by atoms with Crippen molar-refractivity contribution in [3.63, 3.8) is 0 Å². The number of nitrogens with zero attached hydrogens (tertiary/aromatic N) is 1. The van der Waals surface area contributed by atoms with Crippen LogP contribution in [-0.2, 0) is 0 Å². The molecule has 2 aromatic rings. The van der Waals surface area contributed by atoms with Crippen molar-refractivity contribution < 1.29 is 14.4 Å². The Hall–Kier alpha value is -1.81. The van der Waals surface area contributed by atoms with E-state index in [0.29, 0.717) is 10.6 Å². The maximum absolute atomic E-state index is 10.9. The number of halogens is 1. The van der Waals surface area contributed by atoms with Gasteiger partial charge in [0, 0.05) is 5.56 Å². The van der Waals surface area contributed by atoms with E-state index in [1.165, 1.54) is 6.92 Å². The van der Waals surface area contributed by atoms with Crippen LogP contribution in [0, 0.1) is 6.92 Å². The number of hydrogen-bond donors (Lipinski definition) is 0. The van der Waals surface area contributed by atoms with Crippen molar-refractivity contribution in [3.8, 4) is 11.3 Å². The molecular weight excluding hydrogens is 230 g/mol. The number of aryl methyl sites for hydroxylation is 1. The average molecular weight is 237 g/mol. The molecule has 1 aromatic carbocycles. The second-order valence-corrected chi connectivity index (χ2v) is 3.64. The van der Waals surface area contributed by atoms with E-state index in [1.807, 2.05) is 0 Å². The van der Waals surface area contributed by atoms with Gasteiger partial charge in [0.15, 0.2) is 0 Å². The minimum Gasteiger partial charge on any atom is -0.545 e. The minimum absolute atomic E-state index is 0.0619. The lowest BCUT2D eigenvalue weighted by atomic mass is 10.1. The summed E-state index contributed by atoms with van der Waals surface area (Å²) in [4.78, 5) is 10.9. The predicted octanol–water partition coefficient (Wildman–Crippen LogP) is 1.67. The highest BCUT2D eigenvalue weighted by Crippen LogP contribution is 2.30. The number of carbonyl (C=O) groups is 1. The van der Waals surface area contributed by atoms with Crippen LogP contribution in [0.1, 0.15) is 16.1 Å². The molecule has 5 heteroatoms. The highest BCUT2D eigenvalue weighted by Gasteiger charge is 2.17. The molecule has 0 spiro atoms. The van der Waals surface area contributed by atoms with Crippen LogP contribution in [0.15, 0.2) is 28.8 Å². The van der Waals surface area contributed by atoms with Crippen LogP contribution in [0.3, 0.4) is 0 Å². The van der Waals surface area contributed by atoms with Crippen LogP contribution < -0.4 is 5.11 Å². The molecule has 1 aromatic heterocycles. The highest BCUT2D eigenvalue weighted by atomic mass is 35.5. The Morgan fingerprint density at radius 3 is 2.75 bits per heavy atom. The molecule has 0 fully saturated rings. The summed E-state index contributed by atoms with van der Waals surface area (Å²) >= 11 is 5.95. The molecule has 0 saturated heterocycles. The van der Waals surface area contributed by atoms with Gasteiger partial charge in [0.2, 0.25) is 0 Å². The summed E-state index contributed by atoms with van der Waals surface area (Å²) in [6.07, 6.45) is 0. The van der Waals surface area contributed by atoms with Crippen LogP contribution in [0.5, 0.6) is 0 Å². The maximum atomic E-state index is 10.9. The fourth-order valence-electron chi connectivity index (χ4n) is 1.45. The van der Waals surface area contributed by atoms with Crippen LogP contribution in [0.25, 0.3) is 11.3 Å². The van der Waals surface area contributed by atoms with Crippen molar-refractivity contribution in [2.75, 3.05) is 0 Å². The molecule has 16 heavy (non-hydrogen) atoms. The van der Waals surface area contributed by atoms with Gasteiger partial charge in [-0.2, -0.15) is 0 Å². The SMILES string of the molecule is Cc1onc(-c2ccccc2Cl)c1C(=O)[O-].